The first-order chi connectivity index (χ1) is 9.11. The SMILES string of the molecule is COC(=O)[C@@H]1[C@@H](C(C)C)CCN1C(=O)[C@@H](N)C(C)(C)C. The van der Waals surface area contributed by atoms with E-state index >= 15 is 0 Å². The summed E-state index contributed by atoms with van der Waals surface area (Å²) in [5.74, 6) is -0.0342. The molecule has 1 saturated heterocycles. The molecule has 0 radical (unpaired) electrons. The predicted molar refractivity (Wildman–Crippen MR) is 77.9 cm³/mol. The molecule has 2 N–H and O–H groups in total. The van der Waals surface area contributed by atoms with Crippen LogP contribution in [0.2, 0.25) is 0 Å². The monoisotopic (exact) mass is 284 g/mol. The summed E-state index contributed by atoms with van der Waals surface area (Å²) < 4.78 is 4.89. The van der Waals surface area contributed by atoms with Crippen molar-refractivity contribution in [1.82, 2.24) is 4.90 Å². The average molecular weight is 284 g/mol. The molecule has 5 nitrogen and oxygen atoms in total. The van der Waals surface area contributed by atoms with Crippen LogP contribution in [0.15, 0.2) is 0 Å². The fourth-order valence-corrected chi connectivity index (χ4v) is 2.73. The highest BCUT2D eigenvalue weighted by Gasteiger charge is 2.46. The zero-order valence-corrected chi connectivity index (χ0v) is 13.5. The maximum atomic E-state index is 12.6. The van der Waals surface area contributed by atoms with Crippen LogP contribution in [0, 0.1) is 17.3 Å². The van der Waals surface area contributed by atoms with Gasteiger partial charge in [-0.1, -0.05) is 34.6 Å². The summed E-state index contributed by atoms with van der Waals surface area (Å²) in [4.78, 5) is 26.3. The summed E-state index contributed by atoms with van der Waals surface area (Å²) in [7, 11) is 1.37. The smallest absolute Gasteiger partial charge is 0.328 e. The van der Waals surface area contributed by atoms with E-state index in [9.17, 15) is 9.59 Å². The van der Waals surface area contributed by atoms with E-state index in [1.54, 1.807) is 4.90 Å². The molecule has 1 heterocycles. The summed E-state index contributed by atoms with van der Waals surface area (Å²) in [5, 5.41) is 0. The first-order valence-corrected chi connectivity index (χ1v) is 7.25. The second-order valence-electron chi connectivity index (χ2n) is 7.04. The molecular weight excluding hydrogens is 256 g/mol. The number of hydrogen-bond donors (Lipinski definition) is 1. The fourth-order valence-electron chi connectivity index (χ4n) is 2.73. The Morgan fingerprint density at radius 2 is 1.85 bits per heavy atom. The molecule has 5 heteroatoms. The maximum Gasteiger partial charge on any atom is 0.328 e. The molecule has 0 aromatic carbocycles. The second-order valence-corrected chi connectivity index (χ2v) is 7.04. The van der Waals surface area contributed by atoms with Gasteiger partial charge in [-0.2, -0.15) is 0 Å². The van der Waals surface area contributed by atoms with Crippen molar-refractivity contribution in [3.63, 3.8) is 0 Å². The first kappa shape index (κ1) is 17.0. The molecular formula is C15H28N2O3. The Morgan fingerprint density at radius 3 is 2.25 bits per heavy atom. The van der Waals surface area contributed by atoms with Crippen LogP contribution in [0.1, 0.15) is 41.0 Å². The molecule has 0 spiro atoms. The van der Waals surface area contributed by atoms with E-state index in [4.69, 9.17) is 10.5 Å². The van der Waals surface area contributed by atoms with Crippen molar-refractivity contribution in [1.29, 1.82) is 0 Å². The molecule has 1 rings (SSSR count). The van der Waals surface area contributed by atoms with Crippen LogP contribution in [0.4, 0.5) is 0 Å². The van der Waals surface area contributed by atoms with Gasteiger partial charge >= 0.3 is 5.97 Å². The van der Waals surface area contributed by atoms with E-state index in [2.05, 4.69) is 13.8 Å². The Bertz CT molecular complexity index is 374. The summed E-state index contributed by atoms with van der Waals surface area (Å²) in [5.41, 5.74) is 5.73. The Hall–Kier alpha value is -1.10. The van der Waals surface area contributed by atoms with Crippen molar-refractivity contribution in [2.75, 3.05) is 13.7 Å². The molecule has 3 atom stereocenters. The Balaban J connectivity index is 2.99. The number of ether oxygens (including phenoxy) is 1. The molecule has 0 saturated carbocycles. The molecule has 1 aliphatic rings. The molecule has 1 aliphatic heterocycles. The topological polar surface area (TPSA) is 72.6 Å². The van der Waals surface area contributed by atoms with Gasteiger partial charge in [0.25, 0.3) is 0 Å². The summed E-state index contributed by atoms with van der Waals surface area (Å²) in [6.07, 6.45) is 0.819. The van der Waals surface area contributed by atoms with Gasteiger partial charge in [0.05, 0.1) is 13.2 Å². The molecule has 0 aromatic heterocycles. The van der Waals surface area contributed by atoms with Crippen LogP contribution in [-0.2, 0) is 14.3 Å². The van der Waals surface area contributed by atoms with Crippen LogP contribution < -0.4 is 5.73 Å². The summed E-state index contributed by atoms with van der Waals surface area (Å²) >= 11 is 0. The minimum absolute atomic E-state index is 0.138. The number of nitrogens with two attached hydrogens (primary N) is 1. The van der Waals surface area contributed by atoms with Gasteiger partial charge in [0.2, 0.25) is 5.91 Å². The molecule has 1 amide bonds. The third kappa shape index (κ3) is 3.32. The molecule has 0 aliphatic carbocycles. The largest absolute Gasteiger partial charge is 0.467 e. The van der Waals surface area contributed by atoms with E-state index in [1.165, 1.54) is 7.11 Å². The van der Waals surface area contributed by atoms with Crippen LogP contribution in [-0.4, -0.2) is 42.5 Å². The minimum atomic E-state index is -0.611. The van der Waals surface area contributed by atoms with Gasteiger partial charge in [0.15, 0.2) is 0 Å². The highest BCUT2D eigenvalue weighted by atomic mass is 16.5. The number of carbonyl (C=O) groups excluding carboxylic acids is 2. The Morgan fingerprint density at radius 1 is 1.30 bits per heavy atom. The van der Waals surface area contributed by atoms with Gasteiger partial charge in [0.1, 0.15) is 6.04 Å². The van der Waals surface area contributed by atoms with Gasteiger partial charge in [-0.15, -0.1) is 0 Å². The fraction of sp³-hybridized carbons (Fsp3) is 0.867. The lowest BCUT2D eigenvalue weighted by atomic mass is 9.85. The van der Waals surface area contributed by atoms with Crippen molar-refractivity contribution < 1.29 is 14.3 Å². The number of esters is 1. The van der Waals surface area contributed by atoms with Crippen molar-refractivity contribution in [3.05, 3.63) is 0 Å². The van der Waals surface area contributed by atoms with E-state index in [0.29, 0.717) is 12.5 Å². The number of likely N-dealkylation sites (tertiary alicyclic amines) is 1. The van der Waals surface area contributed by atoms with Gasteiger partial charge in [-0.05, 0) is 23.7 Å². The number of amides is 1. The number of rotatable bonds is 3. The third-order valence-corrected chi connectivity index (χ3v) is 4.23. The quantitative estimate of drug-likeness (QED) is 0.795. The number of methoxy groups -OCH3 is 1. The molecule has 0 bridgehead atoms. The maximum absolute atomic E-state index is 12.6. The van der Waals surface area contributed by atoms with Gasteiger partial charge < -0.3 is 15.4 Å². The average Bonchev–Trinajstić information content (AvgIpc) is 2.79. The standard InChI is InChI=1S/C15H28N2O3/c1-9(2)10-7-8-17(11(10)14(19)20-6)13(18)12(16)15(3,4)5/h9-12H,7-8,16H2,1-6H3/t10-,11+,12-/m1/s1. The number of nitrogens with zero attached hydrogens (tertiary/aromatic N) is 1. The van der Waals surface area contributed by atoms with Crippen molar-refractivity contribution in [3.8, 4) is 0 Å². The van der Waals surface area contributed by atoms with E-state index in [1.807, 2.05) is 20.8 Å². The third-order valence-electron chi connectivity index (χ3n) is 4.23. The molecule has 0 unspecified atom stereocenters. The first-order valence-electron chi connectivity index (χ1n) is 7.25. The Labute approximate surface area is 121 Å². The molecule has 1 fully saturated rings. The summed E-state index contributed by atoms with van der Waals surface area (Å²) in [6.45, 7) is 10.5. The zero-order valence-electron chi connectivity index (χ0n) is 13.5. The van der Waals surface area contributed by atoms with Crippen LogP contribution in [0.3, 0.4) is 0 Å². The summed E-state index contributed by atoms with van der Waals surface area (Å²) in [6, 6.07) is -1.11. The van der Waals surface area contributed by atoms with E-state index < -0.39 is 12.1 Å². The van der Waals surface area contributed by atoms with Crippen LogP contribution in [0.5, 0.6) is 0 Å². The van der Waals surface area contributed by atoms with Crippen LogP contribution in [0.25, 0.3) is 0 Å². The lowest BCUT2D eigenvalue weighted by Gasteiger charge is -2.33. The highest BCUT2D eigenvalue weighted by molar-refractivity contribution is 5.88. The zero-order chi connectivity index (χ0) is 15.7. The lowest BCUT2D eigenvalue weighted by Crippen LogP contribution is -2.54. The van der Waals surface area contributed by atoms with Gasteiger partial charge in [-0.25, -0.2) is 4.79 Å². The lowest BCUT2D eigenvalue weighted by molar-refractivity contribution is -0.154. The highest BCUT2D eigenvalue weighted by Crippen LogP contribution is 2.33. The predicted octanol–water partition coefficient (Wildman–Crippen LogP) is 1.41. The van der Waals surface area contributed by atoms with Crippen molar-refractivity contribution in [2.24, 2.45) is 23.0 Å². The van der Waals surface area contributed by atoms with E-state index in [0.717, 1.165) is 6.42 Å². The van der Waals surface area contributed by atoms with Crippen LogP contribution >= 0.6 is 0 Å². The van der Waals surface area contributed by atoms with Gasteiger partial charge in [0, 0.05) is 6.54 Å². The molecule has 20 heavy (non-hydrogen) atoms. The van der Waals surface area contributed by atoms with Crippen molar-refractivity contribution in [2.45, 2.75) is 53.1 Å². The van der Waals surface area contributed by atoms with Crippen molar-refractivity contribution >= 4 is 11.9 Å². The number of hydrogen-bond acceptors (Lipinski definition) is 4. The molecule has 0 aromatic rings. The van der Waals surface area contributed by atoms with Gasteiger partial charge in [-0.3, -0.25) is 4.79 Å². The Kier molecular flexibility index (Phi) is 5.19. The minimum Gasteiger partial charge on any atom is -0.467 e. The number of carbonyl (C=O) groups is 2. The normalized spacial score (nSPS) is 24.9. The van der Waals surface area contributed by atoms with E-state index in [-0.39, 0.29) is 23.2 Å². The second kappa shape index (κ2) is 6.12. The molecule has 116 valence electrons.